The number of benzene rings is 2. The van der Waals surface area contributed by atoms with Gasteiger partial charge in [-0.05, 0) is 23.6 Å². The van der Waals surface area contributed by atoms with Crippen molar-refractivity contribution in [1.82, 2.24) is 4.98 Å². The molecule has 0 amide bonds. The highest BCUT2D eigenvalue weighted by molar-refractivity contribution is 6.35. The lowest BCUT2D eigenvalue weighted by atomic mass is 10.1. The fraction of sp³-hybridized carbons (Fsp3) is 0.0714. The average molecular weight is 258 g/mol. The molecule has 0 radical (unpaired) electrons. The molecule has 0 N–H and O–H groups in total. The fourth-order valence-electron chi connectivity index (χ4n) is 2.30. The molecule has 0 fully saturated rings. The summed E-state index contributed by atoms with van der Waals surface area (Å²) in [7, 11) is 0. The van der Waals surface area contributed by atoms with E-state index in [9.17, 15) is 0 Å². The molecular weight excluding hydrogens is 250 g/mol. The smallest absolute Gasteiger partial charge is 0.231 e. The highest BCUT2D eigenvalue weighted by Gasteiger charge is 2.17. The lowest BCUT2D eigenvalue weighted by Crippen LogP contribution is -1.92. The number of nitrogens with zero attached hydrogens (tertiary/aromatic N) is 1. The second-order valence-corrected chi connectivity index (χ2v) is 4.53. The molecule has 1 aliphatic rings. The Hall–Kier alpha value is -2.00. The largest absolute Gasteiger partial charge is 0.454 e. The van der Waals surface area contributed by atoms with Gasteiger partial charge in [-0.25, -0.2) is 4.98 Å². The Morgan fingerprint density at radius 2 is 1.67 bits per heavy atom. The van der Waals surface area contributed by atoms with Crippen LogP contribution in [0.25, 0.3) is 21.7 Å². The molecule has 88 valence electrons. The second-order valence-electron chi connectivity index (χ2n) is 4.17. The molecule has 4 heteroatoms. The lowest BCUT2D eigenvalue weighted by molar-refractivity contribution is 0.174. The van der Waals surface area contributed by atoms with Crippen molar-refractivity contribution in [2.75, 3.05) is 6.79 Å². The van der Waals surface area contributed by atoms with Gasteiger partial charge >= 0.3 is 0 Å². The fourth-order valence-corrected chi connectivity index (χ4v) is 2.55. The van der Waals surface area contributed by atoms with E-state index in [0.717, 1.165) is 33.2 Å². The quantitative estimate of drug-likeness (QED) is 0.454. The average Bonchev–Trinajstić information content (AvgIpc) is 2.84. The van der Waals surface area contributed by atoms with Crippen molar-refractivity contribution in [1.29, 1.82) is 0 Å². The number of fused-ring (bicyclic) bond motifs is 4. The summed E-state index contributed by atoms with van der Waals surface area (Å²) in [5.41, 5.74) is 0.883. The predicted molar refractivity (Wildman–Crippen MR) is 70.4 cm³/mol. The van der Waals surface area contributed by atoms with Crippen molar-refractivity contribution < 1.29 is 9.47 Å². The normalized spacial score (nSPS) is 13.4. The third-order valence-corrected chi connectivity index (χ3v) is 3.44. The van der Waals surface area contributed by atoms with Gasteiger partial charge < -0.3 is 9.47 Å². The van der Waals surface area contributed by atoms with Crippen LogP contribution in [0.1, 0.15) is 0 Å². The maximum atomic E-state index is 6.23. The summed E-state index contributed by atoms with van der Waals surface area (Å²) in [6.07, 6.45) is 0. The van der Waals surface area contributed by atoms with E-state index >= 15 is 0 Å². The molecule has 3 nitrogen and oxygen atoms in total. The SMILES string of the molecule is Clc1nc2ccccc2c2cc3c(cc12)OCO3. The Balaban J connectivity index is 2.22. The van der Waals surface area contributed by atoms with Crippen LogP contribution in [0.2, 0.25) is 5.15 Å². The topological polar surface area (TPSA) is 31.4 Å². The number of aromatic nitrogens is 1. The summed E-state index contributed by atoms with van der Waals surface area (Å²) in [6.45, 7) is 0.259. The van der Waals surface area contributed by atoms with Crippen molar-refractivity contribution >= 4 is 33.3 Å². The number of para-hydroxylation sites is 1. The second kappa shape index (κ2) is 3.50. The summed E-state index contributed by atoms with van der Waals surface area (Å²) < 4.78 is 10.8. The molecule has 0 unspecified atom stereocenters. The molecule has 4 rings (SSSR count). The molecule has 0 saturated heterocycles. The van der Waals surface area contributed by atoms with E-state index in [1.165, 1.54) is 0 Å². The van der Waals surface area contributed by atoms with E-state index in [-0.39, 0.29) is 6.79 Å². The molecule has 0 bridgehead atoms. The van der Waals surface area contributed by atoms with E-state index in [4.69, 9.17) is 21.1 Å². The van der Waals surface area contributed by atoms with E-state index in [0.29, 0.717) is 5.15 Å². The first-order chi connectivity index (χ1) is 8.83. The van der Waals surface area contributed by atoms with Crippen LogP contribution in [0.3, 0.4) is 0 Å². The van der Waals surface area contributed by atoms with Crippen molar-refractivity contribution in [2.24, 2.45) is 0 Å². The summed E-state index contributed by atoms with van der Waals surface area (Å²) in [5.74, 6) is 1.48. The first kappa shape index (κ1) is 9.97. The highest BCUT2D eigenvalue weighted by Crippen LogP contribution is 2.40. The van der Waals surface area contributed by atoms with Gasteiger partial charge in [0, 0.05) is 10.8 Å². The Kier molecular flexibility index (Phi) is 1.94. The van der Waals surface area contributed by atoms with Gasteiger partial charge in [-0.15, -0.1) is 0 Å². The van der Waals surface area contributed by atoms with Gasteiger partial charge in [-0.2, -0.15) is 0 Å². The van der Waals surface area contributed by atoms with Crippen LogP contribution in [0.4, 0.5) is 0 Å². The van der Waals surface area contributed by atoms with Crippen LogP contribution >= 0.6 is 11.6 Å². The monoisotopic (exact) mass is 257 g/mol. The predicted octanol–water partition coefficient (Wildman–Crippen LogP) is 3.77. The molecule has 1 aliphatic heterocycles. The Morgan fingerprint density at radius 1 is 0.944 bits per heavy atom. The Morgan fingerprint density at radius 3 is 2.50 bits per heavy atom. The van der Waals surface area contributed by atoms with Gasteiger partial charge in [0.1, 0.15) is 5.15 Å². The van der Waals surface area contributed by atoms with Crippen LogP contribution in [0.5, 0.6) is 11.5 Å². The van der Waals surface area contributed by atoms with Crippen LogP contribution in [0, 0.1) is 0 Å². The molecule has 2 aromatic carbocycles. The number of pyridine rings is 1. The molecule has 0 atom stereocenters. The first-order valence-corrected chi connectivity index (χ1v) is 5.98. The van der Waals surface area contributed by atoms with E-state index < -0.39 is 0 Å². The van der Waals surface area contributed by atoms with E-state index in [1.54, 1.807) is 0 Å². The standard InChI is InChI=1S/C14H8ClNO2/c15-14-10-6-13-12(17-7-18-13)5-9(10)8-3-1-2-4-11(8)16-14/h1-6H,7H2. The van der Waals surface area contributed by atoms with Crippen LogP contribution in [-0.4, -0.2) is 11.8 Å². The molecule has 0 spiro atoms. The van der Waals surface area contributed by atoms with Gasteiger partial charge in [-0.1, -0.05) is 29.8 Å². The summed E-state index contributed by atoms with van der Waals surface area (Å²) in [6, 6.07) is 11.8. The van der Waals surface area contributed by atoms with E-state index in [2.05, 4.69) is 4.98 Å². The highest BCUT2D eigenvalue weighted by atomic mass is 35.5. The van der Waals surface area contributed by atoms with Gasteiger partial charge in [0.2, 0.25) is 6.79 Å². The molecule has 18 heavy (non-hydrogen) atoms. The van der Waals surface area contributed by atoms with Gasteiger partial charge in [0.15, 0.2) is 11.5 Å². The van der Waals surface area contributed by atoms with Crippen LogP contribution in [-0.2, 0) is 0 Å². The van der Waals surface area contributed by atoms with Crippen LogP contribution < -0.4 is 9.47 Å². The zero-order valence-electron chi connectivity index (χ0n) is 9.31. The Bertz CT molecular complexity index is 785. The molecule has 0 saturated carbocycles. The van der Waals surface area contributed by atoms with Crippen molar-refractivity contribution in [2.45, 2.75) is 0 Å². The molecular formula is C14H8ClNO2. The third kappa shape index (κ3) is 1.28. The molecule has 3 aromatic rings. The molecule has 2 heterocycles. The molecule has 0 aliphatic carbocycles. The summed E-state index contributed by atoms with van der Waals surface area (Å²) in [4.78, 5) is 4.40. The minimum atomic E-state index is 0.259. The van der Waals surface area contributed by atoms with Crippen molar-refractivity contribution in [3.63, 3.8) is 0 Å². The minimum Gasteiger partial charge on any atom is -0.454 e. The number of hydrogen-bond donors (Lipinski definition) is 0. The number of ether oxygens (including phenoxy) is 2. The first-order valence-electron chi connectivity index (χ1n) is 5.60. The molecule has 1 aromatic heterocycles. The summed E-state index contributed by atoms with van der Waals surface area (Å²) in [5, 5.41) is 3.48. The summed E-state index contributed by atoms with van der Waals surface area (Å²) >= 11 is 6.23. The number of halogens is 1. The zero-order chi connectivity index (χ0) is 12.1. The van der Waals surface area contributed by atoms with Gasteiger partial charge in [0.25, 0.3) is 0 Å². The van der Waals surface area contributed by atoms with Crippen molar-refractivity contribution in [3.05, 3.63) is 41.6 Å². The Labute approximate surface area is 108 Å². The maximum Gasteiger partial charge on any atom is 0.231 e. The van der Waals surface area contributed by atoms with Crippen LogP contribution in [0.15, 0.2) is 36.4 Å². The zero-order valence-corrected chi connectivity index (χ0v) is 10.1. The van der Waals surface area contributed by atoms with Gasteiger partial charge in [-0.3, -0.25) is 0 Å². The van der Waals surface area contributed by atoms with Gasteiger partial charge in [0.05, 0.1) is 5.52 Å². The van der Waals surface area contributed by atoms with Crippen molar-refractivity contribution in [3.8, 4) is 11.5 Å². The number of hydrogen-bond acceptors (Lipinski definition) is 3. The van der Waals surface area contributed by atoms with E-state index in [1.807, 2.05) is 36.4 Å². The lowest BCUT2D eigenvalue weighted by Gasteiger charge is -2.06. The number of rotatable bonds is 0. The minimum absolute atomic E-state index is 0.259. The maximum absolute atomic E-state index is 6.23. The third-order valence-electron chi connectivity index (χ3n) is 3.15.